The largest absolute Gasteiger partial charge is 0.445 e. The topological polar surface area (TPSA) is 106 Å². The van der Waals surface area contributed by atoms with Crippen molar-refractivity contribution in [3.63, 3.8) is 0 Å². The molecule has 2 aromatic rings. The summed E-state index contributed by atoms with van der Waals surface area (Å²) in [5.74, 6) is -0.317. The van der Waals surface area contributed by atoms with Crippen LogP contribution in [-0.2, 0) is 17.9 Å². The highest BCUT2D eigenvalue weighted by molar-refractivity contribution is 5.95. The molecule has 1 heterocycles. The number of carbonyl (C=O) groups is 2. The van der Waals surface area contributed by atoms with Crippen LogP contribution in [0, 0.1) is 0 Å². The first-order valence-corrected chi connectivity index (χ1v) is 8.97. The Morgan fingerprint density at radius 3 is 2.62 bits per heavy atom. The van der Waals surface area contributed by atoms with E-state index in [1.165, 1.54) is 0 Å². The van der Waals surface area contributed by atoms with Crippen LogP contribution >= 0.6 is 0 Å². The minimum atomic E-state index is -0.532. The molecule has 150 valence electrons. The van der Waals surface area contributed by atoms with Gasteiger partial charge in [0.2, 0.25) is 0 Å². The fourth-order valence-electron chi connectivity index (χ4n) is 2.21. The Morgan fingerprint density at radius 2 is 1.97 bits per heavy atom. The van der Waals surface area contributed by atoms with Crippen molar-refractivity contribution in [2.75, 3.05) is 0 Å². The smallest absolute Gasteiger partial charge is 0.407 e. The van der Waals surface area contributed by atoms with Crippen LogP contribution in [-0.4, -0.2) is 17.0 Å². The maximum atomic E-state index is 12.3. The Bertz CT molecular complexity index is 903. The van der Waals surface area contributed by atoms with Crippen molar-refractivity contribution in [3.05, 3.63) is 102 Å². The van der Waals surface area contributed by atoms with Gasteiger partial charge in [-0.2, -0.15) is 0 Å². The highest BCUT2D eigenvalue weighted by Gasteiger charge is 2.08. The molecule has 29 heavy (non-hydrogen) atoms. The summed E-state index contributed by atoms with van der Waals surface area (Å²) < 4.78 is 5.12. The van der Waals surface area contributed by atoms with E-state index in [0.29, 0.717) is 17.0 Å². The third-order valence-corrected chi connectivity index (χ3v) is 3.83. The van der Waals surface area contributed by atoms with Gasteiger partial charge in [-0.15, -0.1) is 0 Å². The number of nitrogens with zero attached hydrogens (tertiary/aromatic N) is 1. The van der Waals surface area contributed by atoms with Gasteiger partial charge in [-0.05, 0) is 36.8 Å². The van der Waals surface area contributed by atoms with Crippen molar-refractivity contribution in [1.82, 2.24) is 15.6 Å². The molecule has 0 spiro atoms. The summed E-state index contributed by atoms with van der Waals surface area (Å²) in [7, 11) is 0. The van der Waals surface area contributed by atoms with E-state index in [9.17, 15) is 9.59 Å². The lowest BCUT2D eigenvalue weighted by Gasteiger charge is -2.10. The minimum absolute atomic E-state index is 0.147. The molecule has 0 atom stereocenters. The average Bonchev–Trinajstić information content (AvgIpc) is 2.75. The number of allylic oxidation sites excluding steroid dienone is 3. The molecule has 0 aliphatic carbocycles. The number of ether oxygens (including phenoxy) is 1. The first-order valence-electron chi connectivity index (χ1n) is 8.97. The summed E-state index contributed by atoms with van der Waals surface area (Å²) in [6.07, 6.45) is 7.99. The van der Waals surface area contributed by atoms with E-state index in [2.05, 4.69) is 22.2 Å². The zero-order valence-corrected chi connectivity index (χ0v) is 16.2. The third kappa shape index (κ3) is 7.34. The number of rotatable bonds is 8. The summed E-state index contributed by atoms with van der Waals surface area (Å²) in [6, 6.07) is 10.4. The van der Waals surface area contributed by atoms with Crippen LogP contribution in [0.2, 0.25) is 0 Å². The predicted molar refractivity (Wildman–Crippen MR) is 111 cm³/mol. The molecule has 0 unspecified atom stereocenters. The minimum Gasteiger partial charge on any atom is -0.445 e. The Balaban J connectivity index is 1.81. The molecule has 0 fully saturated rings. The second kappa shape index (κ2) is 11.1. The highest BCUT2D eigenvalue weighted by atomic mass is 16.5. The van der Waals surface area contributed by atoms with E-state index < -0.39 is 6.09 Å². The average molecular weight is 392 g/mol. The number of pyridine rings is 1. The van der Waals surface area contributed by atoms with Crippen molar-refractivity contribution in [1.29, 1.82) is 0 Å². The van der Waals surface area contributed by atoms with Crippen LogP contribution in [0.1, 0.15) is 28.4 Å². The number of alkyl carbamates (subject to hydrolysis) is 1. The van der Waals surface area contributed by atoms with Crippen molar-refractivity contribution in [2.45, 2.75) is 20.1 Å². The molecule has 0 bridgehead atoms. The quantitative estimate of drug-likeness (QED) is 0.598. The highest BCUT2D eigenvalue weighted by Crippen LogP contribution is 2.07. The molecular weight excluding hydrogens is 368 g/mol. The second-order valence-electron chi connectivity index (χ2n) is 6.07. The van der Waals surface area contributed by atoms with Crippen molar-refractivity contribution in [2.24, 2.45) is 5.73 Å². The zero-order chi connectivity index (χ0) is 21.1. The van der Waals surface area contributed by atoms with E-state index in [-0.39, 0.29) is 19.1 Å². The summed E-state index contributed by atoms with van der Waals surface area (Å²) in [4.78, 5) is 28.0. The first kappa shape index (κ1) is 21.4. The van der Waals surface area contributed by atoms with Crippen molar-refractivity contribution >= 4 is 12.0 Å². The van der Waals surface area contributed by atoms with E-state index in [0.717, 1.165) is 11.1 Å². The summed E-state index contributed by atoms with van der Waals surface area (Å²) in [5.41, 5.74) is 8.61. The number of benzene rings is 1. The third-order valence-electron chi connectivity index (χ3n) is 3.83. The van der Waals surface area contributed by atoms with Gasteiger partial charge in [-0.3, -0.25) is 9.78 Å². The van der Waals surface area contributed by atoms with Gasteiger partial charge in [0.1, 0.15) is 6.61 Å². The zero-order valence-electron chi connectivity index (χ0n) is 16.2. The van der Waals surface area contributed by atoms with Crippen LogP contribution in [0.25, 0.3) is 0 Å². The molecule has 1 aromatic carbocycles. The summed E-state index contributed by atoms with van der Waals surface area (Å²) in [5, 5.41) is 5.31. The van der Waals surface area contributed by atoms with E-state index in [1.54, 1.807) is 54.9 Å². The van der Waals surface area contributed by atoms with Gasteiger partial charge in [-0.1, -0.05) is 36.9 Å². The molecule has 0 saturated heterocycles. The molecule has 7 heteroatoms. The molecule has 0 saturated carbocycles. The molecule has 2 rings (SSSR count). The number of amides is 2. The Labute approximate surface area is 170 Å². The monoisotopic (exact) mass is 392 g/mol. The van der Waals surface area contributed by atoms with Crippen LogP contribution < -0.4 is 16.4 Å². The lowest BCUT2D eigenvalue weighted by Crippen LogP contribution is -2.25. The molecule has 0 aliphatic heterocycles. The van der Waals surface area contributed by atoms with E-state index >= 15 is 0 Å². The number of aromatic nitrogens is 1. The number of hydrogen-bond donors (Lipinski definition) is 3. The molecule has 1 aromatic heterocycles. The first-order chi connectivity index (χ1) is 14.0. The van der Waals surface area contributed by atoms with Gasteiger partial charge in [0.05, 0.1) is 11.4 Å². The van der Waals surface area contributed by atoms with Crippen LogP contribution in [0.4, 0.5) is 4.79 Å². The second-order valence-corrected chi connectivity index (χ2v) is 6.07. The maximum Gasteiger partial charge on any atom is 0.407 e. The van der Waals surface area contributed by atoms with Gasteiger partial charge in [0.15, 0.2) is 0 Å². The van der Waals surface area contributed by atoms with E-state index in [1.807, 2.05) is 19.1 Å². The van der Waals surface area contributed by atoms with Gasteiger partial charge in [-0.25, -0.2) is 4.79 Å². The van der Waals surface area contributed by atoms with E-state index in [4.69, 9.17) is 10.5 Å². The normalized spacial score (nSPS) is 11.1. The lowest BCUT2D eigenvalue weighted by atomic mass is 10.1. The summed E-state index contributed by atoms with van der Waals surface area (Å²) >= 11 is 0. The molecule has 0 radical (unpaired) electrons. The number of hydrogen-bond acceptors (Lipinski definition) is 5. The fraction of sp³-hybridized carbons (Fsp3) is 0.136. The number of carbonyl (C=O) groups excluding carboxylic acids is 2. The Hall–Kier alpha value is -3.87. The maximum absolute atomic E-state index is 12.3. The SMILES string of the molecule is C=C(NC(=O)c1ccc(CNC(=O)OCc2cccnc2)cc1)/C(N)=C\C=C/C. The van der Waals surface area contributed by atoms with Gasteiger partial charge in [0, 0.05) is 30.1 Å². The number of nitrogens with two attached hydrogens (primary N) is 1. The standard InChI is InChI=1S/C22H24N4O3/c1-3-4-7-20(23)16(2)26-21(27)19-10-8-17(9-11-19)14-25-22(28)29-15-18-6-5-12-24-13-18/h3-13H,2,14-15,23H2,1H3,(H,25,28)(H,26,27)/b4-3-,20-7+. The van der Waals surface area contributed by atoms with Crippen LogP contribution in [0.5, 0.6) is 0 Å². The van der Waals surface area contributed by atoms with Gasteiger partial charge < -0.3 is 21.1 Å². The van der Waals surface area contributed by atoms with Crippen LogP contribution in [0.15, 0.2) is 85.0 Å². The van der Waals surface area contributed by atoms with Crippen molar-refractivity contribution in [3.8, 4) is 0 Å². The molecular formula is C22H24N4O3. The Kier molecular flexibility index (Phi) is 8.19. The summed E-state index contributed by atoms with van der Waals surface area (Å²) in [6.45, 7) is 6.04. The lowest BCUT2D eigenvalue weighted by molar-refractivity contribution is 0.0966. The molecule has 7 nitrogen and oxygen atoms in total. The predicted octanol–water partition coefficient (Wildman–Crippen LogP) is 3.17. The van der Waals surface area contributed by atoms with Crippen LogP contribution in [0.3, 0.4) is 0 Å². The molecule has 4 N–H and O–H groups in total. The van der Waals surface area contributed by atoms with Crippen molar-refractivity contribution < 1.29 is 14.3 Å². The molecule has 2 amide bonds. The number of nitrogens with one attached hydrogen (secondary N) is 2. The molecule has 0 aliphatic rings. The van der Waals surface area contributed by atoms with Gasteiger partial charge >= 0.3 is 6.09 Å². The Morgan fingerprint density at radius 1 is 1.21 bits per heavy atom. The van der Waals surface area contributed by atoms with Gasteiger partial charge in [0.25, 0.3) is 5.91 Å². The fourth-order valence-corrected chi connectivity index (χ4v) is 2.21.